The third-order valence-electron chi connectivity index (χ3n) is 5.86. The predicted octanol–water partition coefficient (Wildman–Crippen LogP) is 4.66. The average Bonchev–Trinajstić information content (AvgIpc) is 3.08. The van der Waals surface area contributed by atoms with Gasteiger partial charge in [0.15, 0.2) is 0 Å². The summed E-state index contributed by atoms with van der Waals surface area (Å²) in [6.07, 6.45) is 6.95. The molecule has 2 heteroatoms. The van der Waals surface area contributed by atoms with Gasteiger partial charge in [0.25, 0.3) is 0 Å². The minimum atomic E-state index is -0.494. The summed E-state index contributed by atoms with van der Waals surface area (Å²) >= 11 is 0. The molecule has 2 nitrogen and oxygen atoms in total. The third-order valence-corrected chi connectivity index (χ3v) is 5.86. The maximum atomic E-state index is 10.3. The molecule has 2 rings (SSSR count). The van der Waals surface area contributed by atoms with E-state index in [0.29, 0.717) is 11.8 Å². The van der Waals surface area contributed by atoms with E-state index in [2.05, 4.69) is 40.0 Å². The highest BCUT2D eigenvalue weighted by Gasteiger charge is 2.51. The minimum Gasteiger partial charge on any atom is -0.386 e. The molecular formula is C20H32O2. The van der Waals surface area contributed by atoms with Crippen molar-refractivity contribution in [2.24, 2.45) is 17.3 Å². The van der Waals surface area contributed by atoms with Crippen LogP contribution >= 0.6 is 0 Å². The lowest BCUT2D eigenvalue weighted by Gasteiger charge is -2.43. The molecule has 1 aliphatic heterocycles. The van der Waals surface area contributed by atoms with Crippen molar-refractivity contribution >= 4 is 0 Å². The van der Waals surface area contributed by atoms with E-state index in [9.17, 15) is 5.11 Å². The number of rotatable bonds is 5. The summed E-state index contributed by atoms with van der Waals surface area (Å²) in [4.78, 5) is 0. The van der Waals surface area contributed by atoms with Crippen LogP contribution in [0.25, 0.3) is 0 Å². The van der Waals surface area contributed by atoms with Crippen LogP contribution in [-0.2, 0) is 4.74 Å². The zero-order chi connectivity index (χ0) is 16.7. The number of hydrogen-bond donors (Lipinski definition) is 1. The van der Waals surface area contributed by atoms with Crippen LogP contribution in [0.2, 0.25) is 0 Å². The molecule has 1 N–H and O–H groups in total. The van der Waals surface area contributed by atoms with Crippen LogP contribution in [0.1, 0.15) is 53.9 Å². The molecule has 0 aromatic carbocycles. The molecule has 1 aliphatic carbocycles. The third kappa shape index (κ3) is 3.38. The molecule has 2 aliphatic rings. The highest BCUT2D eigenvalue weighted by Crippen LogP contribution is 2.49. The fraction of sp³-hybridized carbons (Fsp3) is 0.700. The molecule has 5 atom stereocenters. The Morgan fingerprint density at radius 2 is 1.91 bits per heavy atom. The molecule has 1 saturated carbocycles. The SMILES string of the molecule is C=C[C@@]1(C)CC[C@H](/C(C)=C/C(O)C2OC2(C)C)C[C@@H]1C(=C)C. The van der Waals surface area contributed by atoms with Crippen molar-refractivity contribution in [3.8, 4) is 0 Å². The monoisotopic (exact) mass is 304 g/mol. The van der Waals surface area contributed by atoms with E-state index >= 15 is 0 Å². The summed E-state index contributed by atoms with van der Waals surface area (Å²) in [5.74, 6) is 0.990. The largest absolute Gasteiger partial charge is 0.386 e. The van der Waals surface area contributed by atoms with Gasteiger partial charge in [-0.1, -0.05) is 36.8 Å². The van der Waals surface area contributed by atoms with Gasteiger partial charge in [-0.15, -0.1) is 6.58 Å². The van der Waals surface area contributed by atoms with E-state index in [4.69, 9.17) is 4.74 Å². The maximum absolute atomic E-state index is 10.3. The van der Waals surface area contributed by atoms with E-state index in [1.165, 1.54) is 11.1 Å². The molecule has 2 unspecified atom stereocenters. The van der Waals surface area contributed by atoms with Gasteiger partial charge in [-0.3, -0.25) is 0 Å². The van der Waals surface area contributed by atoms with E-state index in [0.717, 1.165) is 19.3 Å². The van der Waals surface area contributed by atoms with Gasteiger partial charge in [-0.2, -0.15) is 0 Å². The van der Waals surface area contributed by atoms with E-state index < -0.39 is 6.10 Å². The predicted molar refractivity (Wildman–Crippen MR) is 92.7 cm³/mol. The molecule has 1 saturated heterocycles. The van der Waals surface area contributed by atoms with Crippen LogP contribution in [0.4, 0.5) is 0 Å². The molecule has 0 amide bonds. The smallest absolute Gasteiger partial charge is 0.116 e. The zero-order valence-electron chi connectivity index (χ0n) is 14.9. The molecule has 1 heterocycles. The summed E-state index contributed by atoms with van der Waals surface area (Å²) in [7, 11) is 0. The highest BCUT2D eigenvalue weighted by molar-refractivity contribution is 5.18. The van der Waals surface area contributed by atoms with Crippen molar-refractivity contribution in [1.29, 1.82) is 0 Å². The summed E-state index contributed by atoms with van der Waals surface area (Å²) in [5, 5.41) is 10.3. The average molecular weight is 304 g/mol. The lowest BCUT2D eigenvalue weighted by Crippen LogP contribution is -2.34. The molecule has 0 bridgehead atoms. The van der Waals surface area contributed by atoms with Crippen LogP contribution in [0.5, 0.6) is 0 Å². The summed E-state index contributed by atoms with van der Waals surface area (Å²) < 4.78 is 5.54. The lowest BCUT2D eigenvalue weighted by molar-refractivity contribution is 0.161. The van der Waals surface area contributed by atoms with Crippen molar-refractivity contribution in [1.82, 2.24) is 0 Å². The Morgan fingerprint density at radius 3 is 2.36 bits per heavy atom. The normalized spacial score (nSPS) is 39.2. The molecule has 0 aromatic rings. The molecule has 22 heavy (non-hydrogen) atoms. The van der Waals surface area contributed by atoms with Gasteiger partial charge in [0.05, 0.1) is 5.60 Å². The fourth-order valence-electron chi connectivity index (χ4n) is 4.02. The zero-order valence-corrected chi connectivity index (χ0v) is 14.9. The highest BCUT2D eigenvalue weighted by atomic mass is 16.6. The van der Waals surface area contributed by atoms with Gasteiger partial charge in [-0.05, 0) is 64.2 Å². The fourth-order valence-corrected chi connectivity index (χ4v) is 4.02. The van der Waals surface area contributed by atoms with Crippen molar-refractivity contribution in [3.05, 3.63) is 36.5 Å². The molecule has 0 aromatic heterocycles. The Hall–Kier alpha value is -0.860. The van der Waals surface area contributed by atoms with E-state index in [1.807, 2.05) is 19.9 Å². The molecule has 2 fully saturated rings. The van der Waals surface area contributed by atoms with Crippen molar-refractivity contribution < 1.29 is 9.84 Å². The van der Waals surface area contributed by atoms with Gasteiger partial charge in [-0.25, -0.2) is 0 Å². The Kier molecular flexibility index (Phi) is 4.75. The number of aliphatic hydroxyl groups excluding tert-OH is 1. The van der Waals surface area contributed by atoms with Crippen molar-refractivity contribution in [2.45, 2.75) is 71.7 Å². The molecule has 0 spiro atoms. The summed E-state index contributed by atoms with van der Waals surface area (Å²) in [6.45, 7) is 18.9. The second-order valence-electron chi connectivity index (χ2n) is 8.12. The first-order valence-electron chi connectivity index (χ1n) is 8.44. The van der Waals surface area contributed by atoms with Gasteiger partial charge >= 0.3 is 0 Å². The first-order chi connectivity index (χ1) is 10.1. The van der Waals surface area contributed by atoms with Crippen LogP contribution < -0.4 is 0 Å². The van der Waals surface area contributed by atoms with Crippen LogP contribution in [0.15, 0.2) is 36.5 Å². The number of allylic oxidation sites excluding steroid dienone is 3. The second-order valence-corrected chi connectivity index (χ2v) is 8.12. The van der Waals surface area contributed by atoms with Crippen LogP contribution in [0, 0.1) is 17.3 Å². The van der Waals surface area contributed by atoms with Crippen LogP contribution in [-0.4, -0.2) is 22.9 Å². The van der Waals surface area contributed by atoms with Gasteiger partial charge in [0.1, 0.15) is 12.2 Å². The second kappa shape index (κ2) is 5.98. The summed E-state index contributed by atoms with van der Waals surface area (Å²) in [5.41, 5.74) is 2.51. The summed E-state index contributed by atoms with van der Waals surface area (Å²) in [6, 6.07) is 0. The Morgan fingerprint density at radius 1 is 1.32 bits per heavy atom. The number of ether oxygens (including phenoxy) is 1. The van der Waals surface area contributed by atoms with E-state index in [-0.39, 0.29) is 17.1 Å². The first-order valence-corrected chi connectivity index (χ1v) is 8.44. The topological polar surface area (TPSA) is 32.8 Å². The Balaban J connectivity index is 2.07. The first kappa shape index (κ1) is 17.5. The molecule has 124 valence electrons. The maximum Gasteiger partial charge on any atom is 0.116 e. The number of hydrogen-bond acceptors (Lipinski definition) is 2. The molecular weight excluding hydrogens is 272 g/mol. The Labute approximate surface area is 136 Å². The van der Waals surface area contributed by atoms with E-state index in [1.54, 1.807) is 0 Å². The number of aliphatic hydroxyl groups is 1. The van der Waals surface area contributed by atoms with Crippen molar-refractivity contribution in [2.75, 3.05) is 0 Å². The molecule has 0 radical (unpaired) electrons. The van der Waals surface area contributed by atoms with Gasteiger partial charge in [0, 0.05) is 0 Å². The lowest BCUT2D eigenvalue weighted by atomic mass is 9.61. The quantitative estimate of drug-likeness (QED) is 0.592. The van der Waals surface area contributed by atoms with Crippen LogP contribution in [0.3, 0.4) is 0 Å². The van der Waals surface area contributed by atoms with Gasteiger partial charge < -0.3 is 9.84 Å². The minimum absolute atomic E-state index is 0.0542. The standard InChI is InChI=1S/C20H32O2/c1-8-20(7)10-9-15(12-16(20)13(2)3)14(4)11-17(21)18-19(5,6)22-18/h8,11,15-18,21H,1-2,9-10,12H2,3-7H3/b14-11+/t15-,16+,17?,18?,20-/m0/s1. The number of epoxide rings is 1. The Bertz CT molecular complexity index is 488. The van der Waals surface area contributed by atoms with Crippen molar-refractivity contribution in [3.63, 3.8) is 0 Å². The van der Waals surface area contributed by atoms with Gasteiger partial charge in [0.2, 0.25) is 0 Å².